The zero-order valence-corrected chi connectivity index (χ0v) is 25.1. The lowest BCUT2D eigenvalue weighted by Gasteiger charge is -2.32. The van der Waals surface area contributed by atoms with Crippen molar-refractivity contribution >= 4 is 27.5 Å². The average Bonchev–Trinajstić information content (AvgIpc) is 2.95. The van der Waals surface area contributed by atoms with E-state index in [4.69, 9.17) is 0 Å². The average molecular weight is 564 g/mol. The molecule has 8 heteroatoms. The highest BCUT2D eigenvalue weighted by Gasteiger charge is 2.32. The van der Waals surface area contributed by atoms with Crippen LogP contribution in [0.1, 0.15) is 63.6 Å². The van der Waals surface area contributed by atoms with Crippen LogP contribution in [-0.4, -0.2) is 43.8 Å². The first-order chi connectivity index (χ1) is 18.9. The zero-order valence-electron chi connectivity index (χ0n) is 24.3. The van der Waals surface area contributed by atoms with Crippen LogP contribution in [0.3, 0.4) is 0 Å². The van der Waals surface area contributed by atoms with E-state index < -0.39 is 28.5 Å². The Morgan fingerprint density at radius 1 is 0.850 bits per heavy atom. The Balaban J connectivity index is 2.02. The Labute approximate surface area is 239 Å². The molecular formula is C32H41N3O4S. The van der Waals surface area contributed by atoms with Gasteiger partial charge in [-0.2, -0.15) is 0 Å². The predicted molar refractivity (Wildman–Crippen MR) is 161 cm³/mol. The number of amides is 2. The van der Waals surface area contributed by atoms with Crippen LogP contribution in [0.2, 0.25) is 0 Å². The molecular weight excluding hydrogens is 522 g/mol. The van der Waals surface area contributed by atoms with Crippen molar-refractivity contribution < 1.29 is 18.0 Å². The van der Waals surface area contributed by atoms with Crippen molar-refractivity contribution in [1.29, 1.82) is 0 Å². The lowest BCUT2D eigenvalue weighted by atomic mass is 10.0. The van der Waals surface area contributed by atoms with Gasteiger partial charge in [0.25, 0.3) is 10.0 Å². The minimum atomic E-state index is -4.08. The van der Waals surface area contributed by atoms with E-state index in [1.54, 1.807) is 37.3 Å². The first-order valence-electron chi connectivity index (χ1n) is 13.8. The molecule has 0 bridgehead atoms. The van der Waals surface area contributed by atoms with Gasteiger partial charge in [0.2, 0.25) is 11.8 Å². The van der Waals surface area contributed by atoms with E-state index in [0.717, 1.165) is 27.4 Å². The van der Waals surface area contributed by atoms with E-state index in [-0.39, 0.29) is 29.3 Å². The third kappa shape index (κ3) is 7.72. The number of hydrogen-bond donors (Lipinski definition) is 1. The Bertz CT molecular complexity index is 1370. The standard InChI is InChI=1S/C32H41N3O4S/c1-7-25(5)33-32(37)26(6)34(21-27-15-13-24(4)14-16-27)31(36)22-35(29-19-17-28(18-20-29)23(2)3)40(38,39)30-11-9-8-10-12-30/h8-20,23,25-26H,7,21-22H2,1-6H3,(H,33,37). The number of carbonyl (C=O) groups excluding carboxylic acids is 2. The second-order valence-electron chi connectivity index (χ2n) is 10.6. The molecule has 0 saturated heterocycles. The van der Waals surface area contributed by atoms with Crippen molar-refractivity contribution in [3.05, 3.63) is 95.6 Å². The maximum absolute atomic E-state index is 14.0. The van der Waals surface area contributed by atoms with Gasteiger partial charge in [0.15, 0.2) is 0 Å². The van der Waals surface area contributed by atoms with E-state index in [9.17, 15) is 18.0 Å². The summed E-state index contributed by atoms with van der Waals surface area (Å²) in [6.45, 7) is 11.4. The van der Waals surface area contributed by atoms with E-state index in [2.05, 4.69) is 19.2 Å². The molecule has 0 fully saturated rings. The van der Waals surface area contributed by atoms with Crippen molar-refractivity contribution in [2.45, 2.75) is 77.4 Å². The van der Waals surface area contributed by atoms with Crippen LogP contribution >= 0.6 is 0 Å². The second-order valence-corrected chi connectivity index (χ2v) is 12.4. The van der Waals surface area contributed by atoms with Crippen molar-refractivity contribution in [3.63, 3.8) is 0 Å². The summed E-state index contributed by atoms with van der Waals surface area (Å²) in [7, 11) is -4.08. The van der Waals surface area contributed by atoms with Crippen LogP contribution in [0, 0.1) is 6.92 Å². The third-order valence-electron chi connectivity index (χ3n) is 7.10. The summed E-state index contributed by atoms with van der Waals surface area (Å²) < 4.78 is 28.9. The van der Waals surface area contributed by atoms with Crippen molar-refractivity contribution in [2.75, 3.05) is 10.8 Å². The van der Waals surface area contributed by atoms with Gasteiger partial charge in [-0.1, -0.05) is 80.9 Å². The Kier molecular flexibility index (Phi) is 10.5. The molecule has 0 radical (unpaired) electrons. The number of nitrogens with one attached hydrogen (secondary N) is 1. The van der Waals surface area contributed by atoms with Crippen LogP contribution in [0.5, 0.6) is 0 Å². The van der Waals surface area contributed by atoms with Gasteiger partial charge in [-0.25, -0.2) is 8.42 Å². The molecule has 0 spiro atoms. The van der Waals surface area contributed by atoms with Crippen molar-refractivity contribution in [3.8, 4) is 0 Å². The predicted octanol–water partition coefficient (Wildman–Crippen LogP) is 5.65. The molecule has 0 aliphatic heterocycles. The number of carbonyl (C=O) groups is 2. The maximum Gasteiger partial charge on any atom is 0.264 e. The van der Waals surface area contributed by atoms with Crippen LogP contribution in [0.15, 0.2) is 83.8 Å². The minimum absolute atomic E-state index is 0.0549. The second kappa shape index (κ2) is 13.6. The summed E-state index contributed by atoms with van der Waals surface area (Å²) in [5.74, 6) is -0.488. The normalized spacial score (nSPS) is 13.0. The van der Waals surface area contributed by atoms with Gasteiger partial charge in [-0.05, 0) is 68.5 Å². The molecule has 0 saturated carbocycles. The molecule has 0 aliphatic carbocycles. The number of benzene rings is 3. The van der Waals surface area contributed by atoms with Gasteiger partial charge in [0.05, 0.1) is 10.6 Å². The number of anilines is 1. The molecule has 40 heavy (non-hydrogen) atoms. The van der Waals surface area contributed by atoms with Crippen LogP contribution < -0.4 is 9.62 Å². The lowest BCUT2D eigenvalue weighted by molar-refractivity contribution is -0.139. The molecule has 2 atom stereocenters. The van der Waals surface area contributed by atoms with Crippen LogP contribution in [-0.2, 0) is 26.2 Å². The van der Waals surface area contributed by atoms with Gasteiger partial charge in [0.1, 0.15) is 12.6 Å². The van der Waals surface area contributed by atoms with E-state index >= 15 is 0 Å². The number of nitrogens with zero attached hydrogens (tertiary/aromatic N) is 2. The van der Waals surface area contributed by atoms with Crippen molar-refractivity contribution in [1.82, 2.24) is 10.2 Å². The summed E-state index contributed by atoms with van der Waals surface area (Å²) in [6, 6.07) is 22.2. The molecule has 3 aromatic carbocycles. The van der Waals surface area contributed by atoms with Crippen molar-refractivity contribution in [2.24, 2.45) is 0 Å². The molecule has 3 rings (SSSR count). The Morgan fingerprint density at radius 3 is 2.00 bits per heavy atom. The van der Waals surface area contributed by atoms with Crippen LogP contribution in [0.4, 0.5) is 5.69 Å². The van der Waals surface area contributed by atoms with Gasteiger partial charge in [-0.15, -0.1) is 0 Å². The molecule has 2 unspecified atom stereocenters. The highest BCUT2D eigenvalue weighted by Crippen LogP contribution is 2.26. The molecule has 0 aromatic heterocycles. The Morgan fingerprint density at radius 2 is 1.45 bits per heavy atom. The van der Waals surface area contributed by atoms with Gasteiger partial charge in [-0.3, -0.25) is 13.9 Å². The van der Waals surface area contributed by atoms with E-state index in [1.165, 1.54) is 17.0 Å². The lowest BCUT2D eigenvalue weighted by Crippen LogP contribution is -2.52. The Hall–Kier alpha value is -3.65. The summed E-state index contributed by atoms with van der Waals surface area (Å²) in [5.41, 5.74) is 3.37. The van der Waals surface area contributed by atoms with Gasteiger partial charge in [0, 0.05) is 12.6 Å². The first-order valence-corrected chi connectivity index (χ1v) is 15.2. The topological polar surface area (TPSA) is 86.8 Å². The number of sulfonamides is 1. The summed E-state index contributed by atoms with van der Waals surface area (Å²) >= 11 is 0. The monoisotopic (exact) mass is 563 g/mol. The minimum Gasteiger partial charge on any atom is -0.352 e. The first kappa shape index (κ1) is 30.9. The van der Waals surface area contributed by atoms with Gasteiger partial charge >= 0.3 is 0 Å². The van der Waals surface area contributed by atoms with Gasteiger partial charge < -0.3 is 10.2 Å². The molecule has 3 aromatic rings. The number of rotatable bonds is 12. The number of aryl methyl sites for hydroxylation is 1. The van der Waals surface area contributed by atoms with E-state index in [1.807, 2.05) is 57.2 Å². The highest BCUT2D eigenvalue weighted by molar-refractivity contribution is 7.92. The zero-order chi connectivity index (χ0) is 29.4. The SMILES string of the molecule is CCC(C)NC(=O)C(C)N(Cc1ccc(C)cc1)C(=O)CN(c1ccc(C(C)C)cc1)S(=O)(=O)c1ccccc1. The fourth-order valence-electron chi connectivity index (χ4n) is 4.21. The quantitative estimate of drug-likeness (QED) is 0.309. The van der Waals surface area contributed by atoms with Crippen LogP contribution in [0.25, 0.3) is 0 Å². The molecule has 214 valence electrons. The summed E-state index contributed by atoms with van der Waals surface area (Å²) in [4.78, 5) is 28.7. The highest BCUT2D eigenvalue weighted by atomic mass is 32.2. The molecule has 7 nitrogen and oxygen atoms in total. The molecule has 0 heterocycles. The fraction of sp³-hybridized carbons (Fsp3) is 0.375. The molecule has 2 amide bonds. The molecule has 1 N–H and O–H groups in total. The maximum atomic E-state index is 14.0. The third-order valence-corrected chi connectivity index (χ3v) is 8.89. The number of hydrogen-bond acceptors (Lipinski definition) is 4. The summed E-state index contributed by atoms with van der Waals surface area (Å²) in [5, 5.41) is 2.95. The molecule has 0 aliphatic rings. The fourth-order valence-corrected chi connectivity index (χ4v) is 5.65. The van der Waals surface area contributed by atoms with E-state index in [0.29, 0.717) is 5.69 Å². The summed E-state index contributed by atoms with van der Waals surface area (Å²) in [6.07, 6.45) is 0.750. The smallest absolute Gasteiger partial charge is 0.264 e. The largest absolute Gasteiger partial charge is 0.352 e.